The maximum atomic E-state index is 13.9. The number of nitrogens with zero attached hydrogens (tertiary/aromatic N) is 1. The molecule has 2 aromatic carbocycles. The van der Waals surface area contributed by atoms with Crippen LogP contribution in [0, 0.1) is 25.5 Å². The van der Waals surface area contributed by atoms with Crippen LogP contribution in [-0.2, 0) is 0 Å². The number of hydrogen-bond donors (Lipinski definition) is 1. The number of piperidine rings is 1. The number of rotatable bonds is 4. The quantitative estimate of drug-likeness (QED) is 0.819. The minimum Gasteiger partial charge on any atom is -0.491 e. The summed E-state index contributed by atoms with van der Waals surface area (Å²) in [4.78, 5) is 14.0. The van der Waals surface area contributed by atoms with Gasteiger partial charge in [0.2, 0.25) is 0 Å². The van der Waals surface area contributed by atoms with E-state index in [0.717, 1.165) is 23.3 Å². The molecule has 28 heavy (non-hydrogen) atoms. The number of carbonyl (C=O) groups excluding carboxylic acids is 1. The highest BCUT2D eigenvalue weighted by Crippen LogP contribution is 2.28. The number of aliphatic hydroxyl groups is 1. The van der Waals surface area contributed by atoms with Gasteiger partial charge in [-0.3, -0.25) is 4.79 Å². The Balaban J connectivity index is 1.70. The van der Waals surface area contributed by atoms with Crippen LogP contribution in [0.2, 0.25) is 5.02 Å². The van der Waals surface area contributed by atoms with Crippen LogP contribution in [0.25, 0.3) is 0 Å². The standard InChI is InChI=1S/C21H22ClF2NO3/c1-13-8-16(9-14(2)19(13)22)28-12-21(27)6-3-7-25(11-21)20(26)17-5-4-15(23)10-18(17)24/h4-5,8-10,27H,3,6-7,11-12H2,1-2H3. The zero-order valence-corrected chi connectivity index (χ0v) is 16.5. The molecule has 7 heteroatoms. The van der Waals surface area contributed by atoms with Crippen molar-refractivity contribution in [3.63, 3.8) is 0 Å². The Morgan fingerprint density at radius 3 is 2.57 bits per heavy atom. The largest absolute Gasteiger partial charge is 0.491 e. The molecule has 1 heterocycles. The molecule has 1 atom stereocenters. The second-order valence-corrected chi connectivity index (χ2v) is 7.72. The van der Waals surface area contributed by atoms with E-state index in [2.05, 4.69) is 0 Å². The number of aryl methyl sites for hydroxylation is 2. The SMILES string of the molecule is Cc1cc(OCC2(O)CCCN(C(=O)c3ccc(F)cc3F)C2)cc(C)c1Cl. The number of amides is 1. The molecule has 1 fully saturated rings. The van der Waals surface area contributed by atoms with E-state index in [9.17, 15) is 18.7 Å². The summed E-state index contributed by atoms with van der Waals surface area (Å²) >= 11 is 6.16. The molecule has 0 aliphatic carbocycles. The zero-order valence-electron chi connectivity index (χ0n) is 15.8. The third-order valence-electron chi connectivity index (χ3n) is 4.92. The first kappa shape index (κ1) is 20.6. The zero-order chi connectivity index (χ0) is 20.5. The number of carbonyl (C=O) groups is 1. The third-order valence-corrected chi connectivity index (χ3v) is 5.52. The first-order valence-electron chi connectivity index (χ1n) is 9.05. The number of likely N-dealkylation sites (tertiary alicyclic amines) is 1. The summed E-state index contributed by atoms with van der Waals surface area (Å²) in [6.07, 6.45) is 1.00. The maximum Gasteiger partial charge on any atom is 0.256 e. The lowest BCUT2D eigenvalue weighted by Gasteiger charge is -2.39. The Labute approximate surface area is 167 Å². The lowest BCUT2D eigenvalue weighted by Crippen LogP contribution is -2.53. The van der Waals surface area contributed by atoms with Crippen LogP contribution in [0.3, 0.4) is 0 Å². The molecule has 3 rings (SSSR count). The molecular weight excluding hydrogens is 388 g/mol. The molecule has 150 valence electrons. The van der Waals surface area contributed by atoms with E-state index in [-0.39, 0.29) is 18.7 Å². The predicted octanol–water partition coefficient (Wildman–Crippen LogP) is 4.28. The van der Waals surface area contributed by atoms with Crippen molar-refractivity contribution in [2.24, 2.45) is 0 Å². The van der Waals surface area contributed by atoms with Crippen LogP contribution in [0.15, 0.2) is 30.3 Å². The minimum absolute atomic E-state index is 0.00814. The Bertz CT molecular complexity index is 882. The maximum absolute atomic E-state index is 13.9. The topological polar surface area (TPSA) is 49.8 Å². The molecule has 0 bridgehead atoms. The summed E-state index contributed by atoms with van der Waals surface area (Å²) in [6.45, 7) is 4.12. The van der Waals surface area contributed by atoms with Gasteiger partial charge < -0.3 is 14.7 Å². The molecule has 0 saturated carbocycles. The van der Waals surface area contributed by atoms with Gasteiger partial charge in [-0.1, -0.05) is 11.6 Å². The highest BCUT2D eigenvalue weighted by atomic mass is 35.5. The third kappa shape index (κ3) is 4.45. The van der Waals surface area contributed by atoms with Gasteiger partial charge in [-0.15, -0.1) is 0 Å². The van der Waals surface area contributed by atoms with Gasteiger partial charge in [-0.2, -0.15) is 0 Å². The van der Waals surface area contributed by atoms with Crippen LogP contribution in [0.5, 0.6) is 5.75 Å². The fourth-order valence-electron chi connectivity index (χ4n) is 3.44. The summed E-state index contributed by atoms with van der Waals surface area (Å²) in [5.41, 5.74) is 0.272. The Hall–Kier alpha value is -2.18. The van der Waals surface area contributed by atoms with Crippen LogP contribution < -0.4 is 4.74 Å². The van der Waals surface area contributed by atoms with E-state index in [1.54, 1.807) is 12.1 Å². The lowest BCUT2D eigenvalue weighted by atomic mass is 9.93. The number of halogens is 3. The van der Waals surface area contributed by atoms with Gasteiger partial charge in [-0.25, -0.2) is 8.78 Å². The van der Waals surface area contributed by atoms with E-state index < -0.39 is 23.1 Å². The number of ether oxygens (including phenoxy) is 1. The average molecular weight is 410 g/mol. The molecule has 0 spiro atoms. The molecular formula is C21H22ClF2NO3. The minimum atomic E-state index is -1.26. The van der Waals surface area contributed by atoms with E-state index in [4.69, 9.17) is 16.3 Å². The second-order valence-electron chi connectivity index (χ2n) is 7.34. The second kappa shape index (κ2) is 8.05. The first-order chi connectivity index (χ1) is 13.2. The number of β-amino-alcohol motifs (C(OH)–C–C–N with tert-alkyl or cyclic N) is 1. The van der Waals surface area contributed by atoms with Crippen molar-refractivity contribution >= 4 is 17.5 Å². The van der Waals surface area contributed by atoms with Gasteiger partial charge >= 0.3 is 0 Å². The van der Waals surface area contributed by atoms with Gasteiger partial charge in [0.25, 0.3) is 5.91 Å². The van der Waals surface area contributed by atoms with Crippen LogP contribution in [0.1, 0.15) is 34.3 Å². The monoisotopic (exact) mass is 409 g/mol. The molecule has 1 unspecified atom stereocenters. The van der Waals surface area contributed by atoms with Crippen LogP contribution in [0.4, 0.5) is 8.78 Å². The van der Waals surface area contributed by atoms with Gasteiger partial charge in [0.05, 0.1) is 12.1 Å². The molecule has 2 aromatic rings. The van der Waals surface area contributed by atoms with Crippen LogP contribution >= 0.6 is 11.6 Å². The normalized spacial score (nSPS) is 19.6. The molecule has 1 amide bonds. The smallest absolute Gasteiger partial charge is 0.256 e. The fourth-order valence-corrected chi connectivity index (χ4v) is 3.55. The summed E-state index contributed by atoms with van der Waals surface area (Å²) in [6, 6.07) is 6.42. The predicted molar refractivity (Wildman–Crippen MR) is 103 cm³/mol. The van der Waals surface area contributed by atoms with Gasteiger partial charge in [-0.05, 0) is 62.1 Å². The van der Waals surface area contributed by atoms with Crippen molar-refractivity contribution in [1.29, 1.82) is 0 Å². The van der Waals surface area contributed by atoms with Crippen molar-refractivity contribution in [2.45, 2.75) is 32.3 Å². The van der Waals surface area contributed by atoms with Gasteiger partial charge in [0.1, 0.15) is 29.6 Å². The molecule has 4 nitrogen and oxygen atoms in total. The van der Waals surface area contributed by atoms with E-state index in [1.807, 2.05) is 13.8 Å². The van der Waals surface area contributed by atoms with Crippen LogP contribution in [-0.4, -0.2) is 41.2 Å². The van der Waals surface area contributed by atoms with Crippen molar-refractivity contribution < 1.29 is 23.4 Å². The van der Waals surface area contributed by atoms with Crippen molar-refractivity contribution in [3.8, 4) is 5.75 Å². The number of benzene rings is 2. The Morgan fingerprint density at radius 2 is 1.93 bits per heavy atom. The van der Waals surface area contributed by atoms with Gasteiger partial charge in [0.15, 0.2) is 0 Å². The highest BCUT2D eigenvalue weighted by molar-refractivity contribution is 6.32. The Kier molecular flexibility index (Phi) is 5.91. The van der Waals surface area contributed by atoms with E-state index in [0.29, 0.717) is 36.2 Å². The average Bonchev–Trinajstić information content (AvgIpc) is 2.64. The molecule has 1 saturated heterocycles. The Morgan fingerprint density at radius 1 is 1.25 bits per heavy atom. The summed E-state index contributed by atoms with van der Waals surface area (Å²) in [5.74, 6) is -1.65. The molecule has 1 aliphatic heterocycles. The molecule has 0 radical (unpaired) electrons. The summed E-state index contributed by atoms with van der Waals surface area (Å²) in [7, 11) is 0. The van der Waals surface area contributed by atoms with Crippen molar-refractivity contribution in [1.82, 2.24) is 4.90 Å². The van der Waals surface area contributed by atoms with E-state index in [1.165, 1.54) is 4.90 Å². The lowest BCUT2D eigenvalue weighted by molar-refractivity contribution is -0.0533. The summed E-state index contributed by atoms with van der Waals surface area (Å²) < 4.78 is 32.8. The molecule has 0 aromatic heterocycles. The fraction of sp³-hybridized carbons (Fsp3) is 0.381. The highest BCUT2D eigenvalue weighted by Gasteiger charge is 2.37. The summed E-state index contributed by atoms with van der Waals surface area (Å²) in [5, 5.41) is 11.6. The molecule has 1 N–H and O–H groups in total. The number of hydrogen-bond acceptors (Lipinski definition) is 3. The van der Waals surface area contributed by atoms with E-state index >= 15 is 0 Å². The van der Waals surface area contributed by atoms with Crippen molar-refractivity contribution in [3.05, 3.63) is 63.7 Å². The van der Waals surface area contributed by atoms with Gasteiger partial charge in [0, 0.05) is 17.6 Å². The molecule has 1 aliphatic rings. The van der Waals surface area contributed by atoms with Crippen molar-refractivity contribution in [2.75, 3.05) is 19.7 Å². The first-order valence-corrected chi connectivity index (χ1v) is 9.42.